The maximum atomic E-state index is 12.6. The smallest absolute Gasteiger partial charge is 0.261 e. The van der Waals surface area contributed by atoms with Gasteiger partial charge in [0.05, 0.1) is 17.2 Å². The molecule has 0 N–H and O–H groups in total. The number of benzene rings is 1. The van der Waals surface area contributed by atoms with Gasteiger partial charge in [-0.3, -0.25) is 14.2 Å². The molecule has 0 radical (unpaired) electrons. The van der Waals surface area contributed by atoms with Crippen molar-refractivity contribution in [2.75, 3.05) is 6.54 Å². The number of rotatable bonds is 8. The van der Waals surface area contributed by atoms with Crippen molar-refractivity contribution in [2.45, 2.75) is 59.0 Å². The van der Waals surface area contributed by atoms with Crippen LogP contribution >= 0.6 is 15.9 Å². The number of unbranched alkanes of at least 4 members (excludes halogenated alkanes) is 1. The van der Waals surface area contributed by atoms with E-state index in [1.54, 1.807) is 6.07 Å². The summed E-state index contributed by atoms with van der Waals surface area (Å²) in [5, 5.41) is 0.564. The number of hydrogen-bond donors (Lipinski definition) is 0. The number of hydrogen-bond acceptors (Lipinski definition) is 3. The average molecular weight is 408 g/mol. The second-order valence-electron chi connectivity index (χ2n) is 6.35. The van der Waals surface area contributed by atoms with E-state index < -0.39 is 0 Å². The summed E-state index contributed by atoms with van der Waals surface area (Å²) in [6, 6.07) is 5.67. The van der Waals surface area contributed by atoms with Gasteiger partial charge in [0.25, 0.3) is 5.56 Å². The van der Waals surface area contributed by atoms with E-state index in [0.717, 1.165) is 30.3 Å². The van der Waals surface area contributed by atoms with Crippen LogP contribution in [0.5, 0.6) is 0 Å². The van der Waals surface area contributed by atoms with Gasteiger partial charge in [0.15, 0.2) is 0 Å². The Morgan fingerprint density at radius 2 is 2.12 bits per heavy atom. The van der Waals surface area contributed by atoms with Crippen LogP contribution in [0.15, 0.2) is 33.8 Å². The molecule has 5 nitrogen and oxygen atoms in total. The first-order valence-electron chi connectivity index (χ1n) is 8.92. The molecule has 1 heterocycles. The third-order valence-corrected chi connectivity index (χ3v) is 5.04. The molecule has 0 aliphatic carbocycles. The highest BCUT2D eigenvalue weighted by Crippen LogP contribution is 2.15. The van der Waals surface area contributed by atoms with Gasteiger partial charge < -0.3 is 4.90 Å². The molecule has 0 aliphatic rings. The number of fused-ring (bicyclic) bond motifs is 1. The summed E-state index contributed by atoms with van der Waals surface area (Å²) in [7, 11) is 0. The van der Waals surface area contributed by atoms with Crippen LogP contribution in [0.25, 0.3) is 10.9 Å². The number of halogens is 1. The lowest BCUT2D eigenvalue weighted by Gasteiger charge is -2.28. The third kappa shape index (κ3) is 4.91. The highest BCUT2D eigenvalue weighted by molar-refractivity contribution is 9.10. The van der Waals surface area contributed by atoms with E-state index in [1.165, 1.54) is 10.9 Å². The van der Waals surface area contributed by atoms with Gasteiger partial charge in [0, 0.05) is 30.0 Å². The van der Waals surface area contributed by atoms with Crippen LogP contribution in [-0.2, 0) is 11.3 Å². The van der Waals surface area contributed by atoms with Gasteiger partial charge in [0.1, 0.15) is 0 Å². The van der Waals surface area contributed by atoms with Crippen LogP contribution in [0.1, 0.15) is 46.5 Å². The maximum Gasteiger partial charge on any atom is 0.261 e. The molecule has 0 aliphatic heterocycles. The Morgan fingerprint density at radius 1 is 1.36 bits per heavy atom. The summed E-state index contributed by atoms with van der Waals surface area (Å²) < 4.78 is 2.37. The second kappa shape index (κ2) is 9.13. The Hall–Kier alpha value is -1.69. The molecule has 0 saturated heterocycles. The average Bonchev–Trinajstić information content (AvgIpc) is 2.61. The molecular formula is C19H26BrN3O2. The summed E-state index contributed by atoms with van der Waals surface area (Å²) in [6.07, 6.45) is 4.84. The molecule has 0 fully saturated rings. The Kier molecular flexibility index (Phi) is 7.17. The van der Waals surface area contributed by atoms with E-state index in [1.807, 2.05) is 17.0 Å². The van der Waals surface area contributed by atoms with E-state index in [-0.39, 0.29) is 17.5 Å². The molecule has 2 rings (SSSR count). The lowest BCUT2D eigenvalue weighted by Crippen LogP contribution is -2.39. The van der Waals surface area contributed by atoms with Crippen molar-refractivity contribution in [3.8, 4) is 0 Å². The quantitative estimate of drug-likeness (QED) is 0.664. The van der Waals surface area contributed by atoms with Crippen molar-refractivity contribution in [3.05, 3.63) is 39.4 Å². The van der Waals surface area contributed by atoms with Gasteiger partial charge in [0.2, 0.25) is 5.91 Å². The Labute approximate surface area is 157 Å². The highest BCUT2D eigenvalue weighted by Gasteiger charge is 2.18. The number of aromatic nitrogens is 2. The van der Waals surface area contributed by atoms with Gasteiger partial charge in [-0.1, -0.05) is 36.2 Å². The zero-order valence-corrected chi connectivity index (χ0v) is 16.8. The molecule has 6 heteroatoms. The molecule has 25 heavy (non-hydrogen) atoms. The van der Waals surface area contributed by atoms with Crippen molar-refractivity contribution >= 4 is 32.7 Å². The van der Waals surface area contributed by atoms with Gasteiger partial charge in [-0.05, 0) is 38.0 Å². The van der Waals surface area contributed by atoms with Crippen LogP contribution in [0.3, 0.4) is 0 Å². The van der Waals surface area contributed by atoms with E-state index in [9.17, 15) is 9.59 Å². The molecule has 1 amide bonds. The minimum absolute atomic E-state index is 0.101. The normalized spacial score (nSPS) is 12.3. The fourth-order valence-corrected chi connectivity index (χ4v) is 3.15. The number of carbonyl (C=O) groups is 1. The van der Waals surface area contributed by atoms with Crippen molar-refractivity contribution in [1.29, 1.82) is 0 Å². The van der Waals surface area contributed by atoms with E-state index in [0.29, 0.717) is 23.9 Å². The zero-order chi connectivity index (χ0) is 18.4. The molecule has 0 saturated carbocycles. The van der Waals surface area contributed by atoms with Crippen LogP contribution in [-0.4, -0.2) is 32.9 Å². The van der Waals surface area contributed by atoms with Crippen molar-refractivity contribution in [3.63, 3.8) is 0 Å². The summed E-state index contributed by atoms with van der Waals surface area (Å²) in [6.45, 7) is 7.42. The van der Waals surface area contributed by atoms with Crippen LogP contribution in [0.4, 0.5) is 0 Å². The summed E-state index contributed by atoms with van der Waals surface area (Å²) in [4.78, 5) is 31.5. The van der Waals surface area contributed by atoms with Crippen LogP contribution < -0.4 is 5.56 Å². The van der Waals surface area contributed by atoms with Gasteiger partial charge >= 0.3 is 0 Å². The van der Waals surface area contributed by atoms with Crippen molar-refractivity contribution in [1.82, 2.24) is 14.5 Å². The summed E-state index contributed by atoms with van der Waals surface area (Å²) >= 11 is 3.38. The largest absolute Gasteiger partial charge is 0.340 e. The van der Waals surface area contributed by atoms with E-state index in [2.05, 4.69) is 41.7 Å². The molecule has 1 aromatic carbocycles. The summed E-state index contributed by atoms with van der Waals surface area (Å²) in [5.74, 6) is 0.101. The Morgan fingerprint density at radius 3 is 2.80 bits per heavy atom. The zero-order valence-electron chi connectivity index (χ0n) is 15.2. The first kappa shape index (κ1) is 19.6. The predicted octanol–water partition coefficient (Wildman–Crippen LogP) is 3.98. The number of aryl methyl sites for hydroxylation is 1. The Bertz CT molecular complexity index is 788. The molecule has 0 spiro atoms. The van der Waals surface area contributed by atoms with Crippen LogP contribution in [0.2, 0.25) is 0 Å². The van der Waals surface area contributed by atoms with Gasteiger partial charge in [-0.2, -0.15) is 0 Å². The van der Waals surface area contributed by atoms with Gasteiger partial charge in [-0.25, -0.2) is 4.98 Å². The molecular weight excluding hydrogens is 382 g/mol. The molecule has 0 bridgehead atoms. The number of carbonyl (C=O) groups excluding carboxylic acids is 1. The maximum absolute atomic E-state index is 12.6. The minimum Gasteiger partial charge on any atom is -0.340 e. The minimum atomic E-state index is -0.109. The fourth-order valence-electron chi connectivity index (χ4n) is 2.79. The lowest BCUT2D eigenvalue weighted by atomic mass is 10.1. The van der Waals surface area contributed by atoms with Crippen LogP contribution in [0, 0.1) is 0 Å². The van der Waals surface area contributed by atoms with Gasteiger partial charge in [-0.15, -0.1) is 0 Å². The number of amides is 1. The first-order valence-corrected chi connectivity index (χ1v) is 9.71. The number of nitrogens with zero attached hydrogens (tertiary/aromatic N) is 3. The second-order valence-corrected chi connectivity index (χ2v) is 7.27. The third-order valence-electron chi connectivity index (χ3n) is 4.55. The first-order chi connectivity index (χ1) is 12.0. The molecule has 2 aromatic rings. The van der Waals surface area contributed by atoms with E-state index >= 15 is 0 Å². The predicted molar refractivity (Wildman–Crippen MR) is 105 cm³/mol. The van der Waals surface area contributed by atoms with Crippen molar-refractivity contribution < 1.29 is 4.79 Å². The molecule has 1 atom stereocenters. The monoisotopic (exact) mass is 407 g/mol. The van der Waals surface area contributed by atoms with Crippen molar-refractivity contribution in [2.24, 2.45) is 0 Å². The topological polar surface area (TPSA) is 55.2 Å². The molecule has 1 aromatic heterocycles. The van der Waals surface area contributed by atoms with E-state index in [4.69, 9.17) is 0 Å². The Balaban J connectivity index is 2.14. The standard InChI is InChI=1S/C19H26BrN3O2/c1-4-6-10-23(14(3)5-2)18(24)9-11-22-13-21-17-8-7-15(20)12-16(17)19(22)25/h7-8,12-14H,4-6,9-11H2,1-3H3. The molecule has 1 unspecified atom stereocenters. The SMILES string of the molecule is CCCCN(C(=O)CCn1cnc2ccc(Br)cc2c1=O)C(C)CC. The summed E-state index contributed by atoms with van der Waals surface area (Å²) in [5.41, 5.74) is 0.558. The highest BCUT2D eigenvalue weighted by atomic mass is 79.9. The molecule has 136 valence electrons. The lowest BCUT2D eigenvalue weighted by molar-refractivity contribution is -0.133. The fraction of sp³-hybridized carbons (Fsp3) is 0.526.